The van der Waals surface area contributed by atoms with Crippen molar-refractivity contribution < 1.29 is 22.7 Å². The predicted molar refractivity (Wildman–Crippen MR) is 118 cm³/mol. The van der Waals surface area contributed by atoms with Crippen LogP contribution in [0.15, 0.2) is 53.1 Å². The lowest BCUT2D eigenvalue weighted by Crippen LogP contribution is -2.29. The van der Waals surface area contributed by atoms with Crippen molar-refractivity contribution in [3.8, 4) is 5.75 Å². The summed E-state index contributed by atoms with van der Waals surface area (Å²) in [6.07, 6.45) is 8.70. The standard InChI is InChI=1S/C23H25N3O5S/c1-31-19-10-9-17(15-26-22(27)18-8-5-12-24-21(18)23(26)28)14-20(19)32(29,30)25-13-11-16-6-3-2-4-7-16/h5-6,8-10,12,14,25H,2-4,7,11,13,15H2,1H3. The van der Waals surface area contributed by atoms with Crippen molar-refractivity contribution in [2.24, 2.45) is 0 Å². The van der Waals surface area contributed by atoms with Crippen molar-refractivity contribution in [3.05, 3.63) is 65.0 Å². The van der Waals surface area contributed by atoms with E-state index >= 15 is 0 Å². The highest BCUT2D eigenvalue weighted by Gasteiger charge is 2.36. The second-order valence-corrected chi connectivity index (χ2v) is 9.57. The number of hydrogen-bond acceptors (Lipinski definition) is 6. The lowest BCUT2D eigenvalue weighted by molar-refractivity contribution is 0.0640. The number of nitrogens with zero attached hydrogens (tertiary/aromatic N) is 2. The number of hydrogen-bond donors (Lipinski definition) is 1. The van der Waals surface area contributed by atoms with Crippen molar-refractivity contribution in [1.82, 2.24) is 14.6 Å². The number of rotatable bonds is 8. The number of pyridine rings is 1. The summed E-state index contributed by atoms with van der Waals surface area (Å²) < 4.78 is 33.9. The van der Waals surface area contributed by atoms with Crippen LogP contribution in [-0.4, -0.2) is 43.8 Å². The molecule has 0 spiro atoms. The summed E-state index contributed by atoms with van der Waals surface area (Å²) in [5, 5.41) is 0. The summed E-state index contributed by atoms with van der Waals surface area (Å²) in [7, 11) is -2.44. The van der Waals surface area contributed by atoms with E-state index in [1.165, 1.54) is 37.4 Å². The molecule has 1 aliphatic heterocycles. The van der Waals surface area contributed by atoms with Crippen LogP contribution in [0.4, 0.5) is 0 Å². The Hall–Kier alpha value is -3.04. The second kappa shape index (κ2) is 9.22. The summed E-state index contributed by atoms with van der Waals surface area (Å²) in [5.74, 6) is -0.746. The van der Waals surface area contributed by atoms with Gasteiger partial charge >= 0.3 is 0 Å². The van der Waals surface area contributed by atoms with Gasteiger partial charge in [0.15, 0.2) is 0 Å². The molecule has 1 aromatic heterocycles. The van der Waals surface area contributed by atoms with Crippen LogP contribution in [0.25, 0.3) is 0 Å². The molecule has 0 unspecified atom stereocenters. The van der Waals surface area contributed by atoms with Gasteiger partial charge in [-0.05, 0) is 61.9 Å². The summed E-state index contributed by atoms with van der Waals surface area (Å²) >= 11 is 0. The van der Waals surface area contributed by atoms with Crippen LogP contribution >= 0.6 is 0 Å². The SMILES string of the molecule is COc1ccc(CN2C(=O)c3cccnc3C2=O)cc1S(=O)(=O)NCCC1=CCCCC1. The average molecular weight is 456 g/mol. The maximum Gasteiger partial charge on any atom is 0.280 e. The van der Waals surface area contributed by atoms with E-state index in [9.17, 15) is 18.0 Å². The van der Waals surface area contributed by atoms with Crippen molar-refractivity contribution in [3.63, 3.8) is 0 Å². The molecule has 0 bridgehead atoms. The molecule has 0 atom stereocenters. The zero-order valence-corrected chi connectivity index (χ0v) is 18.7. The zero-order valence-electron chi connectivity index (χ0n) is 17.8. The van der Waals surface area contributed by atoms with E-state index in [0.29, 0.717) is 18.5 Å². The number of nitrogens with one attached hydrogen (secondary N) is 1. The third-order valence-electron chi connectivity index (χ3n) is 5.71. The van der Waals surface area contributed by atoms with Crippen LogP contribution in [0.1, 0.15) is 58.5 Å². The van der Waals surface area contributed by atoms with Crippen molar-refractivity contribution in [2.45, 2.75) is 43.5 Å². The van der Waals surface area contributed by atoms with Gasteiger partial charge in [0.25, 0.3) is 11.8 Å². The van der Waals surface area contributed by atoms with Gasteiger partial charge in [-0.3, -0.25) is 19.5 Å². The Labute approximate surface area is 187 Å². The maximum atomic E-state index is 13.0. The fourth-order valence-electron chi connectivity index (χ4n) is 4.02. The first-order valence-corrected chi connectivity index (χ1v) is 12.0. The zero-order chi connectivity index (χ0) is 22.7. The van der Waals surface area contributed by atoms with Gasteiger partial charge in [0.2, 0.25) is 10.0 Å². The number of allylic oxidation sites excluding steroid dienone is 1. The van der Waals surface area contributed by atoms with E-state index in [4.69, 9.17) is 4.74 Å². The molecule has 8 nitrogen and oxygen atoms in total. The lowest BCUT2D eigenvalue weighted by atomic mass is 9.97. The van der Waals surface area contributed by atoms with Gasteiger partial charge in [0.1, 0.15) is 16.3 Å². The molecule has 32 heavy (non-hydrogen) atoms. The average Bonchev–Trinajstić information content (AvgIpc) is 3.05. The summed E-state index contributed by atoms with van der Waals surface area (Å²) in [4.78, 5) is 30.2. The highest BCUT2D eigenvalue weighted by molar-refractivity contribution is 7.89. The summed E-state index contributed by atoms with van der Waals surface area (Å²) in [6.45, 7) is 0.235. The number of imide groups is 1. The number of carbonyl (C=O) groups excluding carboxylic acids is 2. The molecule has 1 aromatic carbocycles. The number of methoxy groups -OCH3 is 1. The molecular formula is C23H25N3O5S. The Morgan fingerprint density at radius 1 is 1.16 bits per heavy atom. The molecule has 0 radical (unpaired) electrons. The van der Waals surface area contributed by atoms with Gasteiger partial charge in [-0.15, -0.1) is 0 Å². The largest absolute Gasteiger partial charge is 0.495 e. The van der Waals surface area contributed by atoms with Crippen LogP contribution in [0.3, 0.4) is 0 Å². The van der Waals surface area contributed by atoms with Crippen LogP contribution in [0, 0.1) is 0 Å². The molecule has 1 aliphatic carbocycles. The van der Waals surface area contributed by atoms with Gasteiger partial charge < -0.3 is 4.74 Å². The first kappa shape index (κ1) is 22.2. The topological polar surface area (TPSA) is 106 Å². The van der Waals surface area contributed by atoms with Crippen LogP contribution < -0.4 is 9.46 Å². The van der Waals surface area contributed by atoms with Gasteiger partial charge in [0.05, 0.1) is 19.2 Å². The van der Waals surface area contributed by atoms with E-state index < -0.39 is 21.8 Å². The molecule has 0 fully saturated rings. The molecule has 168 valence electrons. The summed E-state index contributed by atoms with van der Waals surface area (Å²) in [6, 6.07) is 7.77. The van der Waals surface area contributed by atoms with Crippen molar-refractivity contribution in [1.29, 1.82) is 0 Å². The number of amides is 2. The van der Waals surface area contributed by atoms with Crippen LogP contribution in [-0.2, 0) is 16.6 Å². The molecule has 1 N–H and O–H groups in total. The number of benzene rings is 1. The predicted octanol–water partition coefficient (Wildman–Crippen LogP) is 3.06. The lowest BCUT2D eigenvalue weighted by Gasteiger charge is -2.17. The van der Waals surface area contributed by atoms with E-state index in [1.807, 2.05) is 0 Å². The number of carbonyl (C=O) groups is 2. The minimum atomic E-state index is -3.84. The van der Waals surface area contributed by atoms with Gasteiger partial charge in [-0.1, -0.05) is 17.7 Å². The first-order chi connectivity index (χ1) is 15.4. The Morgan fingerprint density at radius 2 is 2.00 bits per heavy atom. The van der Waals surface area contributed by atoms with Crippen molar-refractivity contribution >= 4 is 21.8 Å². The Morgan fingerprint density at radius 3 is 2.72 bits per heavy atom. The van der Waals surface area contributed by atoms with E-state index in [-0.39, 0.29) is 28.4 Å². The number of sulfonamides is 1. The van der Waals surface area contributed by atoms with Gasteiger partial charge in [0, 0.05) is 12.7 Å². The minimum absolute atomic E-state index is 0.0233. The Kier molecular flexibility index (Phi) is 6.38. The quantitative estimate of drug-likeness (QED) is 0.484. The van der Waals surface area contributed by atoms with Crippen LogP contribution in [0.5, 0.6) is 5.75 Å². The smallest absolute Gasteiger partial charge is 0.280 e. The second-order valence-electron chi connectivity index (χ2n) is 7.84. The Bertz CT molecular complexity index is 1150. The number of fused-ring (bicyclic) bond motifs is 1. The molecular weight excluding hydrogens is 430 g/mol. The van der Waals surface area contributed by atoms with Gasteiger partial charge in [-0.25, -0.2) is 13.1 Å². The fourth-order valence-corrected chi connectivity index (χ4v) is 5.27. The van der Waals surface area contributed by atoms with E-state index in [0.717, 1.165) is 24.2 Å². The summed E-state index contributed by atoms with van der Waals surface area (Å²) in [5.41, 5.74) is 2.13. The molecule has 2 aliphatic rings. The Balaban J connectivity index is 1.52. The molecule has 2 amide bonds. The number of aromatic nitrogens is 1. The third kappa shape index (κ3) is 4.44. The molecule has 4 rings (SSSR count). The highest BCUT2D eigenvalue weighted by Crippen LogP contribution is 2.28. The van der Waals surface area contributed by atoms with E-state index in [2.05, 4.69) is 15.8 Å². The normalized spacial score (nSPS) is 16.2. The minimum Gasteiger partial charge on any atom is -0.495 e. The monoisotopic (exact) mass is 455 g/mol. The highest BCUT2D eigenvalue weighted by atomic mass is 32.2. The third-order valence-corrected chi connectivity index (χ3v) is 7.19. The fraction of sp³-hybridized carbons (Fsp3) is 0.348. The molecule has 9 heteroatoms. The van der Waals surface area contributed by atoms with Crippen molar-refractivity contribution in [2.75, 3.05) is 13.7 Å². The molecule has 2 aromatic rings. The molecule has 0 saturated heterocycles. The first-order valence-electron chi connectivity index (χ1n) is 10.6. The van der Waals surface area contributed by atoms with E-state index in [1.54, 1.807) is 18.2 Å². The molecule has 0 saturated carbocycles. The maximum absolute atomic E-state index is 13.0. The van der Waals surface area contributed by atoms with Gasteiger partial charge in [-0.2, -0.15) is 0 Å². The molecule has 2 heterocycles. The van der Waals surface area contributed by atoms with Crippen LogP contribution in [0.2, 0.25) is 0 Å². The number of ether oxygens (including phenoxy) is 1.